The number of hydrogen-bond acceptors (Lipinski definition) is 3. The number of carbonyl (C=O) groups excluding carboxylic acids is 1. The first kappa shape index (κ1) is 11.2. The Balaban J connectivity index is 2.33. The highest BCUT2D eigenvalue weighted by atomic mass is 16.5. The lowest BCUT2D eigenvalue weighted by Crippen LogP contribution is -2.17. The number of nitrogens with zero attached hydrogens (tertiary/aromatic N) is 1. The Kier molecular flexibility index (Phi) is 4.63. The van der Waals surface area contributed by atoms with Gasteiger partial charge in [-0.25, -0.2) is 4.79 Å². The van der Waals surface area contributed by atoms with Crippen molar-refractivity contribution in [2.75, 3.05) is 7.11 Å². The van der Waals surface area contributed by atoms with Gasteiger partial charge in [-0.2, -0.15) is 0 Å². The van der Waals surface area contributed by atoms with E-state index in [2.05, 4.69) is 9.73 Å². The Labute approximate surface area is 85.6 Å². The Hall–Kier alpha value is -0.860. The monoisotopic (exact) mass is 197 g/mol. The van der Waals surface area contributed by atoms with E-state index in [-0.39, 0.29) is 12.0 Å². The van der Waals surface area contributed by atoms with Gasteiger partial charge < -0.3 is 4.74 Å². The standard InChI is InChI=1S/C11H19NO2/c1-9(11(13)14-2)12-8-10-6-4-3-5-7-10/h8-10H,3-7H2,1-2H3/t9-/m0/s1. The van der Waals surface area contributed by atoms with Crippen LogP contribution in [0.15, 0.2) is 4.99 Å². The van der Waals surface area contributed by atoms with Crippen LogP contribution >= 0.6 is 0 Å². The minimum absolute atomic E-state index is 0.253. The molecule has 1 aliphatic carbocycles. The number of methoxy groups -OCH3 is 1. The first-order valence-corrected chi connectivity index (χ1v) is 5.35. The summed E-state index contributed by atoms with van der Waals surface area (Å²) >= 11 is 0. The summed E-state index contributed by atoms with van der Waals surface area (Å²) in [6.07, 6.45) is 8.32. The van der Waals surface area contributed by atoms with Gasteiger partial charge in [0.25, 0.3) is 0 Å². The molecule has 0 aliphatic heterocycles. The summed E-state index contributed by atoms with van der Waals surface area (Å²) in [7, 11) is 1.40. The van der Waals surface area contributed by atoms with Crippen LogP contribution in [-0.4, -0.2) is 25.3 Å². The van der Waals surface area contributed by atoms with E-state index >= 15 is 0 Å². The van der Waals surface area contributed by atoms with Gasteiger partial charge in [0, 0.05) is 6.21 Å². The van der Waals surface area contributed by atoms with Crippen molar-refractivity contribution in [3.63, 3.8) is 0 Å². The molecule has 1 aliphatic rings. The third-order valence-electron chi connectivity index (χ3n) is 2.71. The molecule has 0 aromatic heterocycles. The first-order valence-electron chi connectivity index (χ1n) is 5.35. The zero-order valence-electron chi connectivity index (χ0n) is 9.03. The van der Waals surface area contributed by atoms with Crippen molar-refractivity contribution in [1.29, 1.82) is 0 Å². The summed E-state index contributed by atoms with van der Waals surface area (Å²) in [5, 5.41) is 0. The molecule has 0 saturated heterocycles. The van der Waals surface area contributed by atoms with Crippen molar-refractivity contribution in [2.24, 2.45) is 10.9 Å². The predicted octanol–water partition coefficient (Wildman–Crippen LogP) is 2.20. The molecule has 0 unspecified atom stereocenters. The van der Waals surface area contributed by atoms with Crippen molar-refractivity contribution in [1.82, 2.24) is 0 Å². The van der Waals surface area contributed by atoms with Crippen LogP contribution < -0.4 is 0 Å². The maximum absolute atomic E-state index is 11.0. The Morgan fingerprint density at radius 2 is 2.07 bits per heavy atom. The minimum atomic E-state index is -0.345. The molecule has 0 aromatic rings. The maximum Gasteiger partial charge on any atom is 0.330 e. The van der Waals surface area contributed by atoms with E-state index in [4.69, 9.17) is 0 Å². The van der Waals surface area contributed by atoms with Gasteiger partial charge in [0.1, 0.15) is 6.04 Å². The zero-order valence-corrected chi connectivity index (χ0v) is 9.03. The van der Waals surface area contributed by atoms with Gasteiger partial charge in [0.05, 0.1) is 7.11 Å². The van der Waals surface area contributed by atoms with Gasteiger partial charge in [-0.1, -0.05) is 19.3 Å². The molecular formula is C11H19NO2. The second-order valence-electron chi connectivity index (χ2n) is 3.90. The van der Waals surface area contributed by atoms with Crippen molar-refractivity contribution in [2.45, 2.75) is 45.1 Å². The summed E-state index contributed by atoms with van der Waals surface area (Å²) in [5.41, 5.74) is 0. The van der Waals surface area contributed by atoms with Gasteiger partial charge in [-0.05, 0) is 25.7 Å². The van der Waals surface area contributed by atoms with Crippen LogP contribution in [-0.2, 0) is 9.53 Å². The van der Waals surface area contributed by atoms with Crippen LogP contribution in [0.5, 0.6) is 0 Å². The molecule has 0 spiro atoms. The molecule has 0 heterocycles. The van der Waals surface area contributed by atoms with Crippen LogP contribution in [0.4, 0.5) is 0 Å². The fraction of sp³-hybridized carbons (Fsp3) is 0.818. The van der Waals surface area contributed by atoms with Crippen LogP contribution in [0.2, 0.25) is 0 Å². The average Bonchev–Trinajstić information content (AvgIpc) is 2.26. The molecule has 0 amide bonds. The number of carbonyl (C=O) groups is 1. The summed E-state index contributed by atoms with van der Waals surface area (Å²) in [4.78, 5) is 15.3. The molecule has 1 rings (SSSR count). The number of esters is 1. The number of ether oxygens (including phenoxy) is 1. The van der Waals surface area contributed by atoms with Crippen LogP contribution in [0.3, 0.4) is 0 Å². The molecule has 3 heteroatoms. The lowest BCUT2D eigenvalue weighted by molar-refractivity contribution is -0.141. The molecule has 80 valence electrons. The van der Waals surface area contributed by atoms with Gasteiger partial charge in [-0.3, -0.25) is 4.99 Å². The lowest BCUT2D eigenvalue weighted by Gasteiger charge is -2.17. The van der Waals surface area contributed by atoms with E-state index < -0.39 is 0 Å². The highest BCUT2D eigenvalue weighted by Gasteiger charge is 2.13. The summed E-state index contributed by atoms with van der Waals surface area (Å²) in [6, 6.07) is -0.345. The fourth-order valence-corrected chi connectivity index (χ4v) is 1.77. The molecule has 1 fully saturated rings. The van der Waals surface area contributed by atoms with Gasteiger partial charge in [-0.15, -0.1) is 0 Å². The molecule has 0 N–H and O–H groups in total. The molecule has 0 bridgehead atoms. The van der Waals surface area contributed by atoms with Crippen LogP contribution in [0, 0.1) is 5.92 Å². The highest BCUT2D eigenvalue weighted by Crippen LogP contribution is 2.22. The van der Waals surface area contributed by atoms with E-state index in [1.165, 1.54) is 39.2 Å². The largest absolute Gasteiger partial charge is 0.467 e. The molecule has 3 nitrogen and oxygen atoms in total. The second-order valence-corrected chi connectivity index (χ2v) is 3.90. The first-order chi connectivity index (χ1) is 6.74. The van der Waals surface area contributed by atoms with E-state index in [1.807, 2.05) is 6.21 Å². The van der Waals surface area contributed by atoms with Crippen molar-refractivity contribution >= 4 is 12.2 Å². The fourth-order valence-electron chi connectivity index (χ4n) is 1.77. The van der Waals surface area contributed by atoms with Gasteiger partial charge in [0.15, 0.2) is 0 Å². The molecule has 1 saturated carbocycles. The minimum Gasteiger partial charge on any atom is -0.467 e. The number of rotatable bonds is 3. The predicted molar refractivity (Wildman–Crippen MR) is 56.5 cm³/mol. The summed E-state index contributed by atoms with van der Waals surface area (Å²) < 4.78 is 4.60. The molecule has 0 aromatic carbocycles. The Bertz CT molecular complexity index is 207. The maximum atomic E-state index is 11.0. The molecule has 1 atom stereocenters. The third kappa shape index (κ3) is 3.48. The van der Waals surface area contributed by atoms with E-state index in [0.29, 0.717) is 5.92 Å². The molecule has 0 radical (unpaired) electrons. The Morgan fingerprint density at radius 3 is 2.64 bits per heavy atom. The normalized spacial score (nSPS) is 21.0. The molecular weight excluding hydrogens is 178 g/mol. The topological polar surface area (TPSA) is 38.7 Å². The third-order valence-corrected chi connectivity index (χ3v) is 2.71. The second kappa shape index (κ2) is 5.78. The quantitative estimate of drug-likeness (QED) is 0.514. The zero-order chi connectivity index (χ0) is 10.4. The Morgan fingerprint density at radius 1 is 1.43 bits per heavy atom. The smallest absolute Gasteiger partial charge is 0.330 e. The average molecular weight is 197 g/mol. The van der Waals surface area contributed by atoms with Crippen molar-refractivity contribution in [3.8, 4) is 0 Å². The summed E-state index contributed by atoms with van der Waals surface area (Å²) in [6.45, 7) is 1.77. The number of aliphatic imine (C=N–C) groups is 1. The van der Waals surface area contributed by atoms with Gasteiger partial charge >= 0.3 is 5.97 Å². The van der Waals surface area contributed by atoms with Gasteiger partial charge in [0.2, 0.25) is 0 Å². The van der Waals surface area contributed by atoms with Crippen molar-refractivity contribution in [3.05, 3.63) is 0 Å². The number of hydrogen-bond donors (Lipinski definition) is 0. The van der Waals surface area contributed by atoms with Crippen LogP contribution in [0.1, 0.15) is 39.0 Å². The SMILES string of the molecule is COC(=O)[C@H](C)N=CC1CCCCC1. The highest BCUT2D eigenvalue weighted by molar-refractivity contribution is 5.77. The molecule has 14 heavy (non-hydrogen) atoms. The van der Waals surface area contributed by atoms with E-state index in [1.54, 1.807) is 6.92 Å². The lowest BCUT2D eigenvalue weighted by atomic mass is 9.90. The van der Waals surface area contributed by atoms with Crippen LogP contribution in [0.25, 0.3) is 0 Å². The van der Waals surface area contributed by atoms with E-state index in [0.717, 1.165) is 0 Å². The van der Waals surface area contributed by atoms with E-state index in [9.17, 15) is 4.79 Å². The van der Waals surface area contributed by atoms with Crippen molar-refractivity contribution < 1.29 is 9.53 Å². The summed E-state index contributed by atoms with van der Waals surface area (Å²) in [5.74, 6) is 0.327.